The Labute approximate surface area is 244 Å². The summed E-state index contributed by atoms with van der Waals surface area (Å²) in [6.45, 7) is 19.2. The second-order valence-electron chi connectivity index (χ2n) is 12.8. The van der Waals surface area contributed by atoms with Crippen molar-refractivity contribution in [2.24, 2.45) is 0 Å². The quantitative estimate of drug-likeness (QED) is 0.159. The maximum atomic E-state index is 2.63. The fraction of sp³-hybridized carbons (Fsp3) is 0.692. The average molecular weight is 533 g/mol. The number of benzene rings is 2. The Morgan fingerprint density at radius 2 is 0.615 bits per heavy atom. The minimum atomic E-state index is 0.0187. The van der Waals surface area contributed by atoms with E-state index < -0.39 is 0 Å². The van der Waals surface area contributed by atoms with E-state index in [0.29, 0.717) is 0 Å². The van der Waals surface area contributed by atoms with Gasteiger partial charge < -0.3 is 0 Å². The van der Waals surface area contributed by atoms with Gasteiger partial charge in [-0.3, -0.25) is 0 Å². The first-order chi connectivity index (χ1) is 18.9. The van der Waals surface area contributed by atoms with Crippen LogP contribution >= 0.6 is 0 Å². The zero-order chi connectivity index (χ0) is 28.7. The largest absolute Gasteiger partial charge is 0.0654 e. The maximum Gasteiger partial charge on any atom is 0.0157 e. The van der Waals surface area contributed by atoms with Crippen LogP contribution in [0.3, 0.4) is 0 Å². The second kappa shape index (κ2) is 18.0. The Balaban J connectivity index is 2.85. The van der Waals surface area contributed by atoms with Crippen molar-refractivity contribution in [1.29, 1.82) is 0 Å². The first-order valence-electron chi connectivity index (χ1n) is 17.2. The van der Waals surface area contributed by atoms with Gasteiger partial charge in [-0.25, -0.2) is 0 Å². The van der Waals surface area contributed by atoms with Crippen LogP contribution in [0, 0.1) is 0 Å². The van der Waals surface area contributed by atoms with Crippen molar-refractivity contribution in [3.05, 3.63) is 68.8 Å². The number of aryl methyl sites for hydroxylation is 6. The van der Waals surface area contributed by atoms with Crippen molar-refractivity contribution in [3.63, 3.8) is 0 Å². The summed E-state index contributed by atoms with van der Waals surface area (Å²) in [7, 11) is 0. The lowest BCUT2D eigenvalue weighted by atomic mass is 9.68. The zero-order valence-electron chi connectivity index (χ0n) is 27.5. The van der Waals surface area contributed by atoms with E-state index in [9.17, 15) is 0 Å². The van der Waals surface area contributed by atoms with E-state index in [1.54, 1.807) is 44.5 Å². The molecule has 0 heterocycles. The molecular weight excluding hydrogens is 468 g/mol. The first kappa shape index (κ1) is 33.6. The van der Waals surface area contributed by atoms with Crippen LogP contribution in [0.5, 0.6) is 0 Å². The predicted octanol–water partition coefficient (Wildman–Crippen LogP) is 12.1. The summed E-state index contributed by atoms with van der Waals surface area (Å²) < 4.78 is 0. The minimum Gasteiger partial charge on any atom is -0.0654 e. The fourth-order valence-electron chi connectivity index (χ4n) is 6.72. The molecule has 0 N–H and O–H groups in total. The molecule has 0 heteroatoms. The number of hydrogen-bond acceptors (Lipinski definition) is 0. The molecule has 2 rings (SSSR count). The van der Waals surface area contributed by atoms with Gasteiger partial charge in [0.15, 0.2) is 0 Å². The summed E-state index contributed by atoms with van der Waals surface area (Å²) >= 11 is 0. The molecule has 0 saturated heterocycles. The van der Waals surface area contributed by atoms with Crippen LogP contribution in [-0.2, 0) is 43.9 Å². The van der Waals surface area contributed by atoms with E-state index in [-0.39, 0.29) is 5.41 Å². The Morgan fingerprint density at radius 3 is 0.846 bits per heavy atom. The van der Waals surface area contributed by atoms with Gasteiger partial charge in [0.25, 0.3) is 0 Å². The van der Waals surface area contributed by atoms with Gasteiger partial charge in [-0.15, -0.1) is 0 Å². The lowest BCUT2D eigenvalue weighted by Crippen LogP contribution is -2.27. The topological polar surface area (TPSA) is 0 Å². The molecule has 0 bridgehead atoms. The van der Waals surface area contributed by atoms with Crippen molar-refractivity contribution >= 4 is 0 Å². The second-order valence-corrected chi connectivity index (χ2v) is 12.8. The van der Waals surface area contributed by atoms with Crippen molar-refractivity contribution in [2.75, 3.05) is 0 Å². The molecule has 0 fully saturated rings. The van der Waals surface area contributed by atoms with E-state index in [1.165, 1.54) is 116 Å². The van der Waals surface area contributed by atoms with Crippen LogP contribution in [-0.4, -0.2) is 0 Å². The summed E-state index contributed by atoms with van der Waals surface area (Å²) in [6, 6.07) is 10.5. The molecule has 0 amide bonds. The molecule has 2 aromatic carbocycles. The molecule has 0 saturated carbocycles. The van der Waals surface area contributed by atoms with Crippen LogP contribution in [0.1, 0.15) is 177 Å². The Hall–Kier alpha value is -1.56. The van der Waals surface area contributed by atoms with Gasteiger partial charge in [-0.05, 0) is 122 Å². The molecule has 0 aliphatic rings. The number of hydrogen-bond donors (Lipinski definition) is 0. The SMILES string of the molecule is CCCCc1cc(CCCC)c(C(C)(C)c2c(CCCC)cc(CCCC)cc2CCCC)c(CCCC)c1. The summed E-state index contributed by atoms with van der Waals surface area (Å²) in [5.41, 5.74) is 13.2. The van der Waals surface area contributed by atoms with Gasteiger partial charge >= 0.3 is 0 Å². The lowest BCUT2D eigenvalue weighted by molar-refractivity contribution is 0.589. The number of rotatable bonds is 20. The van der Waals surface area contributed by atoms with E-state index in [2.05, 4.69) is 79.7 Å². The molecule has 0 unspecified atom stereocenters. The molecule has 0 atom stereocenters. The molecule has 0 aliphatic heterocycles. The van der Waals surface area contributed by atoms with E-state index in [1.807, 2.05) is 0 Å². The summed E-state index contributed by atoms with van der Waals surface area (Å²) in [5.74, 6) is 0. The Bertz CT molecular complexity index is 824. The molecule has 2 aromatic rings. The van der Waals surface area contributed by atoms with E-state index >= 15 is 0 Å². The highest BCUT2D eigenvalue weighted by Gasteiger charge is 2.33. The smallest absolute Gasteiger partial charge is 0.0157 e. The molecule has 0 aliphatic carbocycles. The summed E-state index contributed by atoms with van der Waals surface area (Å²) in [4.78, 5) is 0. The molecule has 0 nitrogen and oxygen atoms in total. The van der Waals surface area contributed by atoms with Crippen molar-refractivity contribution in [2.45, 2.75) is 176 Å². The van der Waals surface area contributed by atoms with Gasteiger partial charge in [-0.2, -0.15) is 0 Å². The molecule has 0 aromatic heterocycles. The number of unbranched alkanes of at least 4 members (excludes halogenated alkanes) is 6. The first-order valence-corrected chi connectivity index (χ1v) is 17.2. The van der Waals surface area contributed by atoms with Crippen molar-refractivity contribution < 1.29 is 0 Å². The Morgan fingerprint density at radius 1 is 0.385 bits per heavy atom. The van der Waals surface area contributed by atoms with E-state index in [4.69, 9.17) is 0 Å². The fourth-order valence-corrected chi connectivity index (χ4v) is 6.72. The molecule has 220 valence electrons. The van der Waals surface area contributed by atoms with Crippen molar-refractivity contribution in [1.82, 2.24) is 0 Å². The maximum absolute atomic E-state index is 2.63. The highest BCUT2D eigenvalue weighted by Crippen LogP contribution is 2.43. The third kappa shape index (κ3) is 9.79. The van der Waals surface area contributed by atoms with Crippen LogP contribution in [0.15, 0.2) is 24.3 Å². The molecule has 39 heavy (non-hydrogen) atoms. The van der Waals surface area contributed by atoms with Crippen LogP contribution < -0.4 is 0 Å². The minimum absolute atomic E-state index is 0.0187. The lowest BCUT2D eigenvalue weighted by Gasteiger charge is -2.36. The molecule has 0 spiro atoms. The zero-order valence-corrected chi connectivity index (χ0v) is 27.5. The average Bonchev–Trinajstić information content (AvgIpc) is 2.93. The van der Waals surface area contributed by atoms with Crippen molar-refractivity contribution in [3.8, 4) is 0 Å². The standard InChI is InChI=1S/C39H64/c1-9-15-21-31-27-33(23-17-11-3)37(34(28-31)24-18-12-4)39(7,8)38-35(25-19-13-5)29-32(22-16-10-2)30-36(38)26-20-14-6/h27-30H,9-26H2,1-8H3. The molecule has 0 radical (unpaired) electrons. The molecular formula is C39H64. The van der Waals surface area contributed by atoms with Gasteiger partial charge in [-0.1, -0.05) is 118 Å². The van der Waals surface area contributed by atoms with Gasteiger partial charge in [0, 0.05) is 5.41 Å². The third-order valence-corrected chi connectivity index (χ3v) is 8.81. The summed E-state index contributed by atoms with van der Waals surface area (Å²) in [6.07, 6.45) is 22.7. The highest BCUT2D eigenvalue weighted by molar-refractivity contribution is 5.55. The van der Waals surface area contributed by atoms with Crippen LogP contribution in [0.4, 0.5) is 0 Å². The van der Waals surface area contributed by atoms with E-state index in [0.717, 1.165) is 0 Å². The monoisotopic (exact) mass is 533 g/mol. The van der Waals surface area contributed by atoms with Gasteiger partial charge in [0.2, 0.25) is 0 Å². The van der Waals surface area contributed by atoms with Gasteiger partial charge in [0.1, 0.15) is 0 Å². The predicted molar refractivity (Wildman–Crippen MR) is 177 cm³/mol. The van der Waals surface area contributed by atoms with Gasteiger partial charge in [0.05, 0.1) is 0 Å². The Kier molecular flexibility index (Phi) is 15.5. The summed E-state index contributed by atoms with van der Waals surface area (Å²) in [5, 5.41) is 0. The normalized spacial score (nSPS) is 11.9. The van der Waals surface area contributed by atoms with Crippen LogP contribution in [0.25, 0.3) is 0 Å². The van der Waals surface area contributed by atoms with Crippen LogP contribution in [0.2, 0.25) is 0 Å². The highest BCUT2D eigenvalue weighted by atomic mass is 14.4. The third-order valence-electron chi connectivity index (χ3n) is 8.81.